The Kier molecular flexibility index (Phi) is 1.95. The minimum Gasteiger partial charge on any atom is -0.343 e. The molecule has 0 unspecified atom stereocenters. The third kappa shape index (κ3) is 1.29. The maximum absolute atomic E-state index is 11.6. The molecule has 0 aromatic rings. The molecule has 2 saturated heterocycles. The van der Waals surface area contributed by atoms with Crippen molar-refractivity contribution in [2.24, 2.45) is 0 Å². The highest BCUT2D eigenvalue weighted by Gasteiger charge is 2.39. The molecule has 0 radical (unpaired) electrons. The van der Waals surface area contributed by atoms with Gasteiger partial charge < -0.3 is 15.5 Å². The predicted octanol–water partition coefficient (Wildman–Crippen LogP) is -1.69. The minimum absolute atomic E-state index is 0.0334. The highest BCUT2D eigenvalue weighted by molar-refractivity contribution is 5.97. The Labute approximate surface area is 76.5 Å². The van der Waals surface area contributed by atoms with Crippen LogP contribution in [0.2, 0.25) is 0 Å². The number of carbonyl (C=O) groups excluding carboxylic acids is 2. The second kappa shape index (κ2) is 2.99. The molecule has 2 atom stereocenters. The van der Waals surface area contributed by atoms with Crippen LogP contribution in [0.5, 0.6) is 0 Å². The van der Waals surface area contributed by atoms with Gasteiger partial charge in [-0.25, -0.2) is 0 Å². The first-order valence-electron chi connectivity index (χ1n) is 4.52. The van der Waals surface area contributed by atoms with E-state index in [1.54, 1.807) is 11.8 Å². The van der Waals surface area contributed by atoms with Crippen LogP contribution < -0.4 is 10.6 Å². The van der Waals surface area contributed by atoms with Crippen LogP contribution in [0.25, 0.3) is 0 Å². The topological polar surface area (TPSA) is 61.4 Å². The SMILES string of the molecule is C[C@@H]1NC(=O)[C@H]2CNCCN2C1=O. The van der Waals surface area contributed by atoms with E-state index in [1.807, 2.05) is 0 Å². The van der Waals surface area contributed by atoms with Crippen LogP contribution in [0, 0.1) is 0 Å². The average Bonchev–Trinajstić information content (AvgIpc) is 2.15. The second-order valence-corrected chi connectivity index (χ2v) is 3.48. The van der Waals surface area contributed by atoms with E-state index in [1.165, 1.54) is 0 Å². The fraction of sp³-hybridized carbons (Fsp3) is 0.750. The predicted molar refractivity (Wildman–Crippen MR) is 46.0 cm³/mol. The van der Waals surface area contributed by atoms with Crippen LogP contribution in [0.3, 0.4) is 0 Å². The molecule has 0 aliphatic carbocycles. The summed E-state index contributed by atoms with van der Waals surface area (Å²) in [4.78, 5) is 24.7. The molecular formula is C8H13N3O2. The first-order valence-corrected chi connectivity index (χ1v) is 4.52. The summed E-state index contributed by atoms with van der Waals surface area (Å²) in [6.07, 6.45) is 0. The summed E-state index contributed by atoms with van der Waals surface area (Å²) < 4.78 is 0. The van der Waals surface area contributed by atoms with Crippen molar-refractivity contribution in [3.8, 4) is 0 Å². The summed E-state index contributed by atoms with van der Waals surface area (Å²) in [5.41, 5.74) is 0. The number of fused-ring (bicyclic) bond motifs is 1. The monoisotopic (exact) mass is 183 g/mol. The molecule has 2 heterocycles. The fourth-order valence-corrected chi connectivity index (χ4v) is 1.82. The molecule has 2 aliphatic rings. The van der Waals surface area contributed by atoms with E-state index in [2.05, 4.69) is 10.6 Å². The third-order valence-corrected chi connectivity index (χ3v) is 2.56. The van der Waals surface area contributed by atoms with E-state index < -0.39 is 0 Å². The van der Waals surface area contributed by atoms with Gasteiger partial charge in [0.15, 0.2) is 0 Å². The van der Waals surface area contributed by atoms with Crippen LogP contribution in [0.15, 0.2) is 0 Å². The molecule has 72 valence electrons. The average molecular weight is 183 g/mol. The van der Waals surface area contributed by atoms with Crippen molar-refractivity contribution in [1.82, 2.24) is 15.5 Å². The molecule has 2 rings (SSSR count). The maximum Gasteiger partial charge on any atom is 0.245 e. The van der Waals surface area contributed by atoms with Gasteiger partial charge in [-0.05, 0) is 6.92 Å². The fourth-order valence-electron chi connectivity index (χ4n) is 1.82. The van der Waals surface area contributed by atoms with E-state index in [4.69, 9.17) is 0 Å². The Morgan fingerprint density at radius 2 is 2.23 bits per heavy atom. The molecule has 2 fully saturated rings. The van der Waals surface area contributed by atoms with Crippen LogP contribution in [-0.4, -0.2) is 48.4 Å². The summed E-state index contributed by atoms with van der Waals surface area (Å²) in [7, 11) is 0. The normalized spacial score (nSPS) is 34.1. The molecule has 0 spiro atoms. The molecule has 0 aromatic carbocycles. The number of piperazine rings is 2. The lowest BCUT2D eigenvalue weighted by molar-refractivity contribution is -0.149. The van der Waals surface area contributed by atoms with E-state index >= 15 is 0 Å². The highest BCUT2D eigenvalue weighted by Crippen LogP contribution is 2.11. The zero-order chi connectivity index (χ0) is 9.42. The first kappa shape index (κ1) is 8.50. The standard InChI is InChI=1S/C8H13N3O2/c1-5-8(13)11-3-2-9-4-6(11)7(12)10-5/h5-6,9H,2-4H2,1H3,(H,10,12)/t5-,6+/m0/s1. The van der Waals surface area contributed by atoms with E-state index in [0.29, 0.717) is 13.1 Å². The summed E-state index contributed by atoms with van der Waals surface area (Å²) in [5, 5.41) is 5.75. The van der Waals surface area contributed by atoms with Crippen molar-refractivity contribution >= 4 is 11.8 Å². The van der Waals surface area contributed by atoms with E-state index in [0.717, 1.165) is 6.54 Å². The molecule has 0 aromatic heterocycles. The van der Waals surface area contributed by atoms with Crippen LogP contribution in [0.4, 0.5) is 0 Å². The molecule has 0 saturated carbocycles. The quantitative estimate of drug-likeness (QED) is 0.471. The van der Waals surface area contributed by atoms with Crippen LogP contribution in [0.1, 0.15) is 6.92 Å². The summed E-state index contributed by atoms with van der Waals surface area (Å²) in [6.45, 7) is 3.71. The molecule has 13 heavy (non-hydrogen) atoms. The smallest absolute Gasteiger partial charge is 0.245 e. The van der Waals surface area contributed by atoms with Gasteiger partial charge in [-0.2, -0.15) is 0 Å². The van der Waals surface area contributed by atoms with Gasteiger partial charge in [-0.3, -0.25) is 9.59 Å². The number of rotatable bonds is 0. The Morgan fingerprint density at radius 1 is 1.46 bits per heavy atom. The largest absolute Gasteiger partial charge is 0.343 e. The van der Waals surface area contributed by atoms with Crippen molar-refractivity contribution in [3.05, 3.63) is 0 Å². The van der Waals surface area contributed by atoms with Crippen molar-refractivity contribution in [2.75, 3.05) is 19.6 Å². The lowest BCUT2D eigenvalue weighted by Crippen LogP contribution is -2.68. The molecule has 2 N–H and O–H groups in total. The number of hydrogen-bond acceptors (Lipinski definition) is 3. The first-order chi connectivity index (χ1) is 6.20. The Morgan fingerprint density at radius 3 is 3.00 bits per heavy atom. The van der Waals surface area contributed by atoms with Gasteiger partial charge in [-0.1, -0.05) is 0 Å². The summed E-state index contributed by atoms with van der Waals surface area (Å²) in [5.74, 6) is -0.00889. The van der Waals surface area contributed by atoms with Crippen LogP contribution >= 0.6 is 0 Å². The minimum atomic E-state index is -0.359. The summed E-state index contributed by atoms with van der Waals surface area (Å²) >= 11 is 0. The Balaban J connectivity index is 2.19. The lowest BCUT2D eigenvalue weighted by atomic mass is 10.1. The van der Waals surface area contributed by atoms with Crippen molar-refractivity contribution in [2.45, 2.75) is 19.0 Å². The van der Waals surface area contributed by atoms with Crippen LogP contribution in [-0.2, 0) is 9.59 Å². The second-order valence-electron chi connectivity index (χ2n) is 3.48. The Hall–Kier alpha value is -1.10. The molecular weight excluding hydrogens is 170 g/mol. The highest BCUT2D eigenvalue weighted by atomic mass is 16.2. The number of hydrogen-bond donors (Lipinski definition) is 2. The molecule has 2 amide bonds. The van der Waals surface area contributed by atoms with Crippen molar-refractivity contribution in [1.29, 1.82) is 0 Å². The zero-order valence-electron chi connectivity index (χ0n) is 7.54. The molecule has 2 aliphatic heterocycles. The van der Waals surface area contributed by atoms with Gasteiger partial charge in [0.25, 0.3) is 0 Å². The molecule has 5 nitrogen and oxygen atoms in total. The number of nitrogens with one attached hydrogen (secondary N) is 2. The van der Waals surface area contributed by atoms with Gasteiger partial charge in [0.05, 0.1) is 0 Å². The van der Waals surface area contributed by atoms with Gasteiger partial charge in [0.2, 0.25) is 11.8 Å². The van der Waals surface area contributed by atoms with Gasteiger partial charge in [-0.15, -0.1) is 0 Å². The summed E-state index contributed by atoms with van der Waals surface area (Å²) in [6, 6.07) is -0.653. The van der Waals surface area contributed by atoms with Crippen molar-refractivity contribution < 1.29 is 9.59 Å². The number of amides is 2. The molecule has 5 heteroatoms. The van der Waals surface area contributed by atoms with Gasteiger partial charge in [0.1, 0.15) is 12.1 Å². The Bertz CT molecular complexity index is 254. The maximum atomic E-state index is 11.6. The van der Waals surface area contributed by atoms with Gasteiger partial charge >= 0.3 is 0 Å². The van der Waals surface area contributed by atoms with Crippen molar-refractivity contribution in [3.63, 3.8) is 0 Å². The lowest BCUT2D eigenvalue weighted by Gasteiger charge is -2.40. The zero-order valence-corrected chi connectivity index (χ0v) is 7.54. The van der Waals surface area contributed by atoms with Gasteiger partial charge in [0, 0.05) is 19.6 Å². The third-order valence-electron chi connectivity index (χ3n) is 2.56. The molecule has 0 bridgehead atoms. The number of carbonyl (C=O) groups is 2. The van der Waals surface area contributed by atoms with E-state index in [9.17, 15) is 9.59 Å². The number of nitrogens with zero attached hydrogens (tertiary/aromatic N) is 1. The van der Waals surface area contributed by atoms with E-state index in [-0.39, 0.29) is 23.9 Å².